The summed E-state index contributed by atoms with van der Waals surface area (Å²) in [5.74, 6) is -0.748. The molecule has 3 fully saturated rings. The van der Waals surface area contributed by atoms with Crippen molar-refractivity contribution in [3.05, 3.63) is 54.4 Å². The van der Waals surface area contributed by atoms with Crippen molar-refractivity contribution in [2.24, 2.45) is 0 Å². The Balaban J connectivity index is 1.10. The van der Waals surface area contributed by atoms with Crippen LogP contribution >= 0.6 is 0 Å². The van der Waals surface area contributed by atoms with Crippen LogP contribution in [0.4, 0.5) is 11.7 Å². The maximum atomic E-state index is 13.1. The minimum atomic E-state index is -0.460. The summed E-state index contributed by atoms with van der Waals surface area (Å²) >= 11 is 0. The lowest BCUT2D eigenvalue weighted by Gasteiger charge is -2.37. The third-order valence-corrected chi connectivity index (χ3v) is 7.32. The maximum absolute atomic E-state index is 13.1. The minimum Gasteiger partial charge on any atom is -0.460 e. The fraction of sp³-hybridized carbons (Fsp3) is 0.462. The monoisotopic (exact) mass is 519 g/mol. The van der Waals surface area contributed by atoms with E-state index in [9.17, 15) is 9.59 Å². The summed E-state index contributed by atoms with van der Waals surface area (Å²) in [5, 5.41) is 5.80. The summed E-state index contributed by atoms with van der Waals surface area (Å²) in [6.07, 6.45) is 12.7. The molecule has 12 nitrogen and oxygen atoms in total. The number of pyridine rings is 1. The average molecular weight is 520 g/mol. The second-order valence-corrected chi connectivity index (χ2v) is 9.79. The molecule has 2 amide bonds. The van der Waals surface area contributed by atoms with Crippen LogP contribution in [0.3, 0.4) is 0 Å². The molecule has 3 aromatic rings. The molecule has 0 radical (unpaired) electrons. The molecule has 3 aromatic heterocycles. The van der Waals surface area contributed by atoms with E-state index in [0.717, 1.165) is 38.5 Å². The third-order valence-electron chi connectivity index (χ3n) is 7.32. The molecule has 0 saturated carbocycles. The number of rotatable bonds is 7. The Bertz CT molecular complexity index is 1270. The fourth-order valence-electron chi connectivity index (χ4n) is 5.49. The van der Waals surface area contributed by atoms with E-state index in [1.165, 1.54) is 18.7 Å². The number of amides is 2. The Morgan fingerprint density at radius 2 is 1.76 bits per heavy atom. The van der Waals surface area contributed by atoms with Crippen LogP contribution in [0.1, 0.15) is 59.4 Å². The molecule has 3 aliphatic heterocycles. The van der Waals surface area contributed by atoms with E-state index in [0.29, 0.717) is 36.5 Å². The van der Waals surface area contributed by atoms with Crippen LogP contribution in [0, 0.1) is 0 Å². The zero-order valence-corrected chi connectivity index (χ0v) is 20.8. The van der Waals surface area contributed by atoms with Gasteiger partial charge in [0.25, 0.3) is 17.8 Å². The van der Waals surface area contributed by atoms with Gasteiger partial charge in [-0.2, -0.15) is 4.98 Å². The maximum Gasteiger partial charge on any atom is 0.316 e. The van der Waals surface area contributed by atoms with Crippen LogP contribution in [0.2, 0.25) is 0 Å². The van der Waals surface area contributed by atoms with Gasteiger partial charge < -0.3 is 29.4 Å². The van der Waals surface area contributed by atoms with Gasteiger partial charge in [0, 0.05) is 69.0 Å². The lowest BCUT2D eigenvalue weighted by molar-refractivity contribution is 0.0696. The van der Waals surface area contributed by atoms with Crippen LogP contribution < -0.4 is 20.3 Å². The van der Waals surface area contributed by atoms with Crippen molar-refractivity contribution in [1.29, 1.82) is 0 Å². The van der Waals surface area contributed by atoms with Crippen LogP contribution in [0.5, 0.6) is 6.01 Å². The van der Waals surface area contributed by atoms with Crippen LogP contribution in [-0.2, 0) is 4.74 Å². The summed E-state index contributed by atoms with van der Waals surface area (Å²) < 4.78 is 17.1. The van der Waals surface area contributed by atoms with Crippen molar-refractivity contribution in [3.63, 3.8) is 0 Å². The first-order valence-electron chi connectivity index (χ1n) is 13.0. The van der Waals surface area contributed by atoms with Gasteiger partial charge in [0.15, 0.2) is 5.69 Å². The standard InChI is InChI=1S/C26H29N7O5/c34-23(30-16-5-10-36-11-6-16)20-14-27-9-4-21(20)31-24(35)22-15-37-26(32-22)33-17-2-3-18(33)13-19(12-17)38-25-28-7-1-8-29-25/h1,4,7-9,14-19H,2-3,5-6,10-13H2,(H,30,34)(H,27,31,35)/t17-,18+,19?. The van der Waals surface area contributed by atoms with Gasteiger partial charge in [-0.25, -0.2) is 9.97 Å². The molecular formula is C26H29N7O5. The number of carbonyl (C=O) groups excluding carboxylic acids is 2. The van der Waals surface area contributed by atoms with E-state index in [-0.39, 0.29) is 35.8 Å². The number of hydrogen-bond acceptors (Lipinski definition) is 10. The molecule has 3 saturated heterocycles. The smallest absolute Gasteiger partial charge is 0.316 e. The number of piperidine rings is 1. The Morgan fingerprint density at radius 3 is 2.53 bits per heavy atom. The second kappa shape index (κ2) is 10.7. The van der Waals surface area contributed by atoms with E-state index < -0.39 is 5.91 Å². The Hall–Kier alpha value is -4.06. The van der Waals surface area contributed by atoms with Crippen molar-refractivity contribution >= 4 is 23.5 Å². The van der Waals surface area contributed by atoms with E-state index in [2.05, 4.69) is 35.5 Å². The van der Waals surface area contributed by atoms with Crippen LogP contribution in [0.25, 0.3) is 0 Å². The normalized spacial score (nSPS) is 23.2. The van der Waals surface area contributed by atoms with Crippen molar-refractivity contribution in [1.82, 2.24) is 25.3 Å². The molecule has 1 unspecified atom stereocenters. The highest BCUT2D eigenvalue weighted by molar-refractivity contribution is 6.08. The topological polar surface area (TPSA) is 145 Å². The molecule has 2 bridgehead atoms. The number of hydrogen-bond donors (Lipinski definition) is 2. The molecule has 3 aliphatic rings. The highest BCUT2D eigenvalue weighted by Gasteiger charge is 2.44. The first kappa shape index (κ1) is 24.3. The molecule has 0 aromatic carbocycles. The van der Waals surface area contributed by atoms with Gasteiger partial charge in [0.1, 0.15) is 12.4 Å². The molecule has 6 heterocycles. The second-order valence-electron chi connectivity index (χ2n) is 9.79. The third kappa shape index (κ3) is 5.17. The molecular weight excluding hydrogens is 490 g/mol. The number of aromatic nitrogens is 4. The number of nitrogens with zero attached hydrogens (tertiary/aromatic N) is 5. The molecule has 38 heavy (non-hydrogen) atoms. The fourth-order valence-corrected chi connectivity index (χ4v) is 5.49. The number of anilines is 2. The van der Waals surface area contributed by atoms with Gasteiger partial charge in [-0.3, -0.25) is 14.6 Å². The molecule has 0 aliphatic carbocycles. The molecule has 198 valence electrons. The Kier molecular flexibility index (Phi) is 6.86. The van der Waals surface area contributed by atoms with E-state index in [1.807, 2.05) is 0 Å². The first-order valence-corrected chi connectivity index (χ1v) is 13.0. The largest absolute Gasteiger partial charge is 0.460 e. The van der Waals surface area contributed by atoms with Gasteiger partial charge in [-0.15, -0.1) is 0 Å². The summed E-state index contributed by atoms with van der Waals surface area (Å²) in [4.78, 5) is 45.0. The van der Waals surface area contributed by atoms with Crippen molar-refractivity contribution in [2.75, 3.05) is 23.4 Å². The van der Waals surface area contributed by atoms with Crippen LogP contribution in [-0.4, -0.2) is 69.2 Å². The number of fused-ring (bicyclic) bond motifs is 2. The average Bonchev–Trinajstić information content (AvgIpc) is 3.52. The number of carbonyl (C=O) groups is 2. The Morgan fingerprint density at radius 1 is 1.00 bits per heavy atom. The minimum absolute atomic E-state index is 0.0151. The van der Waals surface area contributed by atoms with Gasteiger partial charge in [-0.1, -0.05) is 0 Å². The lowest BCUT2D eigenvalue weighted by atomic mass is 10.0. The number of ether oxygens (including phenoxy) is 2. The molecule has 12 heteroatoms. The first-order chi connectivity index (χ1) is 18.6. The van der Waals surface area contributed by atoms with Gasteiger partial charge in [0.2, 0.25) is 0 Å². The number of oxazole rings is 1. The van der Waals surface area contributed by atoms with Crippen molar-refractivity contribution in [3.8, 4) is 6.01 Å². The molecule has 3 atom stereocenters. The Labute approximate surface area is 219 Å². The highest BCUT2D eigenvalue weighted by atomic mass is 16.5. The van der Waals surface area contributed by atoms with E-state index in [4.69, 9.17) is 13.9 Å². The SMILES string of the molecule is O=C(Nc1ccncc1C(=O)NC1CCOCC1)c1coc(N2[C@@H]3CC[C@H]2CC(Oc2ncccn2)C3)n1. The zero-order chi connectivity index (χ0) is 25.9. The lowest BCUT2D eigenvalue weighted by Crippen LogP contribution is -2.46. The van der Waals surface area contributed by atoms with Crippen molar-refractivity contribution in [2.45, 2.75) is 62.8 Å². The predicted octanol–water partition coefficient (Wildman–Crippen LogP) is 2.60. The van der Waals surface area contributed by atoms with E-state index in [1.54, 1.807) is 24.5 Å². The highest BCUT2D eigenvalue weighted by Crippen LogP contribution is 2.40. The quantitative estimate of drug-likeness (QED) is 0.478. The summed E-state index contributed by atoms with van der Waals surface area (Å²) in [6.45, 7) is 1.23. The molecule has 2 N–H and O–H groups in total. The number of nitrogens with one attached hydrogen (secondary N) is 2. The van der Waals surface area contributed by atoms with Crippen LogP contribution in [0.15, 0.2) is 47.6 Å². The molecule has 6 rings (SSSR count). The summed E-state index contributed by atoms with van der Waals surface area (Å²) in [5.41, 5.74) is 0.793. The zero-order valence-electron chi connectivity index (χ0n) is 20.8. The van der Waals surface area contributed by atoms with E-state index >= 15 is 0 Å². The molecule has 0 spiro atoms. The summed E-state index contributed by atoms with van der Waals surface area (Å²) in [6, 6.07) is 4.58. The van der Waals surface area contributed by atoms with Gasteiger partial charge >= 0.3 is 6.01 Å². The summed E-state index contributed by atoms with van der Waals surface area (Å²) in [7, 11) is 0. The predicted molar refractivity (Wildman–Crippen MR) is 135 cm³/mol. The van der Waals surface area contributed by atoms with Crippen molar-refractivity contribution < 1.29 is 23.5 Å². The van der Waals surface area contributed by atoms with Gasteiger partial charge in [0.05, 0.1) is 11.3 Å². The van der Waals surface area contributed by atoms with Gasteiger partial charge in [-0.05, 0) is 37.8 Å².